The molecule has 1 unspecified atom stereocenters. The van der Waals surface area contributed by atoms with Crippen LogP contribution < -0.4 is 0 Å². The largest absolute Gasteiger partial charge is 0.481 e. The lowest BCUT2D eigenvalue weighted by Crippen LogP contribution is -2.15. The van der Waals surface area contributed by atoms with Crippen molar-refractivity contribution in [2.45, 2.75) is 12.2 Å². The topological polar surface area (TPSA) is 37.3 Å². The normalized spacial score (nSPS) is 12.0. The van der Waals surface area contributed by atoms with Crippen LogP contribution in [0.25, 0.3) is 0 Å². The molecule has 0 saturated heterocycles. The molecule has 3 heteroatoms. The molecule has 0 bridgehead atoms. The molecule has 0 radical (unpaired) electrons. The Morgan fingerprint density at radius 1 is 1.44 bits per heavy atom. The number of hydrogen-bond acceptors (Lipinski definition) is 2. The Morgan fingerprint density at radius 2 is 2.12 bits per heavy atom. The lowest BCUT2D eigenvalue weighted by molar-refractivity contribution is -0.140. The minimum absolute atomic E-state index is 0.314. The Labute approximate surface area is 100 Å². The van der Waals surface area contributed by atoms with E-state index in [4.69, 9.17) is 5.11 Å². The van der Waals surface area contributed by atoms with Crippen molar-refractivity contribution in [3.05, 3.63) is 48.6 Å². The van der Waals surface area contributed by atoms with Gasteiger partial charge in [-0.05, 0) is 12.0 Å². The summed E-state index contributed by atoms with van der Waals surface area (Å²) in [6, 6.07) is 10.1. The molecule has 0 aromatic heterocycles. The van der Waals surface area contributed by atoms with Crippen LogP contribution in [0.1, 0.15) is 12.0 Å². The summed E-state index contributed by atoms with van der Waals surface area (Å²) in [7, 11) is 0. The fraction of sp³-hybridized carbons (Fsp3) is 0.308. The zero-order valence-electron chi connectivity index (χ0n) is 9.13. The first-order chi connectivity index (χ1) is 7.74. The zero-order chi connectivity index (χ0) is 11.8. The van der Waals surface area contributed by atoms with E-state index in [2.05, 4.69) is 18.7 Å². The van der Waals surface area contributed by atoms with Crippen LogP contribution in [0.2, 0.25) is 0 Å². The van der Waals surface area contributed by atoms with Crippen LogP contribution in [0.5, 0.6) is 0 Å². The van der Waals surface area contributed by atoms with Crippen LogP contribution in [0, 0.1) is 5.92 Å². The lowest BCUT2D eigenvalue weighted by Gasteiger charge is -2.09. The van der Waals surface area contributed by atoms with E-state index in [1.54, 1.807) is 17.8 Å². The molecule has 0 fully saturated rings. The Balaban J connectivity index is 2.33. The van der Waals surface area contributed by atoms with Crippen molar-refractivity contribution in [2.24, 2.45) is 5.92 Å². The second-order valence-electron chi connectivity index (χ2n) is 3.56. The predicted octanol–water partition coefficient (Wildman–Crippen LogP) is 3.20. The molecule has 0 aliphatic heterocycles. The van der Waals surface area contributed by atoms with Crippen molar-refractivity contribution < 1.29 is 9.90 Å². The second kappa shape index (κ2) is 7.12. The van der Waals surface area contributed by atoms with E-state index in [9.17, 15) is 4.79 Å². The molecule has 0 spiro atoms. The van der Waals surface area contributed by atoms with E-state index in [-0.39, 0.29) is 5.92 Å². The second-order valence-corrected chi connectivity index (χ2v) is 4.59. The minimum Gasteiger partial charge on any atom is -0.481 e. The van der Waals surface area contributed by atoms with Crippen molar-refractivity contribution in [1.29, 1.82) is 0 Å². The lowest BCUT2D eigenvalue weighted by atomic mass is 10.1. The number of benzene rings is 1. The molecule has 1 rings (SSSR count). The Hall–Kier alpha value is -1.22. The summed E-state index contributed by atoms with van der Waals surface area (Å²) in [4.78, 5) is 10.9. The molecule has 1 N–H and O–H groups in total. The minimum atomic E-state index is -0.736. The Kier molecular flexibility index (Phi) is 5.72. The first-order valence-corrected chi connectivity index (χ1v) is 6.35. The van der Waals surface area contributed by atoms with Gasteiger partial charge in [-0.15, -0.1) is 6.58 Å². The molecular formula is C13H16O2S. The fourth-order valence-corrected chi connectivity index (χ4v) is 2.44. The van der Waals surface area contributed by atoms with Crippen LogP contribution in [0.15, 0.2) is 43.0 Å². The van der Waals surface area contributed by atoms with E-state index in [0.717, 1.165) is 5.75 Å². The number of rotatable bonds is 7. The maximum atomic E-state index is 10.9. The van der Waals surface area contributed by atoms with Gasteiger partial charge < -0.3 is 5.11 Å². The summed E-state index contributed by atoms with van der Waals surface area (Å²) in [5.41, 5.74) is 1.23. The van der Waals surface area contributed by atoms with Crippen LogP contribution in [-0.2, 0) is 10.5 Å². The van der Waals surface area contributed by atoms with Crippen molar-refractivity contribution in [3.8, 4) is 0 Å². The highest BCUT2D eigenvalue weighted by atomic mass is 32.2. The monoisotopic (exact) mass is 236 g/mol. The standard InChI is InChI=1S/C13H16O2S/c1-2-6-12(13(14)15)10-16-9-11-7-4-3-5-8-11/h2-5,7-8,12H,1,6,9-10H2,(H,14,15). The van der Waals surface area contributed by atoms with Gasteiger partial charge in [0.1, 0.15) is 0 Å². The molecule has 1 atom stereocenters. The van der Waals surface area contributed by atoms with Crippen LogP contribution >= 0.6 is 11.8 Å². The smallest absolute Gasteiger partial charge is 0.307 e. The van der Waals surface area contributed by atoms with Crippen LogP contribution in [0.4, 0.5) is 0 Å². The van der Waals surface area contributed by atoms with Gasteiger partial charge in [0.15, 0.2) is 0 Å². The Bertz CT molecular complexity index is 335. The summed E-state index contributed by atoms with van der Waals surface area (Å²) in [5, 5.41) is 8.94. The molecule has 0 amide bonds. The summed E-state index contributed by atoms with van der Waals surface area (Å²) >= 11 is 1.65. The molecule has 0 aliphatic carbocycles. The van der Waals surface area contributed by atoms with Crippen molar-refractivity contribution in [1.82, 2.24) is 0 Å². The van der Waals surface area contributed by atoms with E-state index in [1.807, 2.05) is 18.2 Å². The molecule has 86 valence electrons. The molecule has 0 heterocycles. The number of thioether (sulfide) groups is 1. The van der Waals surface area contributed by atoms with Gasteiger partial charge in [-0.25, -0.2) is 0 Å². The average Bonchev–Trinajstić information content (AvgIpc) is 2.29. The maximum absolute atomic E-state index is 10.9. The number of carbonyl (C=O) groups is 1. The first kappa shape index (κ1) is 12.8. The van der Waals surface area contributed by atoms with E-state index in [1.165, 1.54) is 5.56 Å². The third kappa shape index (κ3) is 4.53. The molecule has 2 nitrogen and oxygen atoms in total. The number of aliphatic carboxylic acids is 1. The summed E-state index contributed by atoms with van der Waals surface area (Å²) in [6.45, 7) is 3.58. The highest BCUT2D eigenvalue weighted by Gasteiger charge is 2.15. The summed E-state index contributed by atoms with van der Waals surface area (Å²) in [5.74, 6) is 0.449. The van der Waals surface area contributed by atoms with Gasteiger partial charge in [0, 0.05) is 11.5 Å². The number of carboxylic acid groups (broad SMARTS) is 1. The van der Waals surface area contributed by atoms with E-state index >= 15 is 0 Å². The van der Waals surface area contributed by atoms with Crippen molar-refractivity contribution in [3.63, 3.8) is 0 Å². The van der Waals surface area contributed by atoms with E-state index in [0.29, 0.717) is 12.2 Å². The van der Waals surface area contributed by atoms with Crippen molar-refractivity contribution in [2.75, 3.05) is 5.75 Å². The third-order valence-corrected chi connectivity index (χ3v) is 3.41. The zero-order valence-corrected chi connectivity index (χ0v) is 9.95. The molecule has 1 aromatic carbocycles. The van der Waals surface area contributed by atoms with E-state index < -0.39 is 5.97 Å². The maximum Gasteiger partial charge on any atom is 0.307 e. The molecular weight excluding hydrogens is 220 g/mol. The summed E-state index contributed by atoms with van der Waals surface area (Å²) < 4.78 is 0. The average molecular weight is 236 g/mol. The molecule has 16 heavy (non-hydrogen) atoms. The SMILES string of the molecule is C=CCC(CSCc1ccccc1)C(=O)O. The highest BCUT2D eigenvalue weighted by Crippen LogP contribution is 2.17. The van der Waals surface area contributed by atoms with Gasteiger partial charge in [-0.2, -0.15) is 11.8 Å². The highest BCUT2D eigenvalue weighted by molar-refractivity contribution is 7.98. The Morgan fingerprint density at radius 3 is 2.69 bits per heavy atom. The quantitative estimate of drug-likeness (QED) is 0.739. The summed E-state index contributed by atoms with van der Waals surface area (Å²) in [6.07, 6.45) is 2.21. The molecule has 0 saturated carbocycles. The van der Waals surface area contributed by atoms with Gasteiger partial charge >= 0.3 is 5.97 Å². The first-order valence-electron chi connectivity index (χ1n) is 5.19. The van der Waals surface area contributed by atoms with Crippen LogP contribution in [-0.4, -0.2) is 16.8 Å². The van der Waals surface area contributed by atoms with Gasteiger partial charge in [0.05, 0.1) is 5.92 Å². The third-order valence-electron chi connectivity index (χ3n) is 2.23. The van der Waals surface area contributed by atoms with Gasteiger partial charge in [-0.1, -0.05) is 36.4 Å². The van der Waals surface area contributed by atoms with Gasteiger partial charge in [0.25, 0.3) is 0 Å². The van der Waals surface area contributed by atoms with Crippen LogP contribution in [0.3, 0.4) is 0 Å². The predicted molar refractivity (Wildman–Crippen MR) is 68.5 cm³/mol. The van der Waals surface area contributed by atoms with Gasteiger partial charge in [0.2, 0.25) is 0 Å². The molecule has 0 aliphatic rings. The fourth-order valence-electron chi connectivity index (χ4n) is 1.33. The number of hydrogen-bond donors (Lipinski definition) is 1. The van der Waals surface area contributed by atoms with Crippen molar-refractivity contribution >= 4 is 17.7 Å². The molecule has 1 aromatic rings. The number of allylic oxidation sites excluding steroid dienone is 1. The van der Waals surface area contributed by atoms with Gasteiger partial charge in [-0.3, -0.25) is 4.79 Å². The number of carboxylic acids is 1.